The number of thioether (sulfide) groups is 1. The highest BCUT2D eigenvalue weighted by atomic mass is 32.2. The van der Waals surface area contributed by atoms with Crippen molar-refractivity contribution in [1.29, 1.82) is 0 Å². The third-order valence-electron chi connectivity index (χ3n) is 3.23. The van der Waals surface area contributed by atoms with Crippen LogP contribution in [0.1, 0.15) is 25.3 Å². The van der Waals surface area contributed by atoms with Gasteiger partial charge in [-0.1, -0.05) is 19.1 Å². The van der Waals surface area contributed by atoms with Gasteiger partial charge in [-0.15, -0.1) is 0 Å². The molecular formula is C14H20FNO2S. The second-order valence-corrected chi connectivity index (χ2v) is 5.80. The van der Waals surface area contributed by atoms with Gasteiger partial charge in [0.1, 0.15) is 11.2 Å². The molecule has 0 saturated heterocycles. The van der Waals surface area contributed by atoms with E-state index in [0.29, 0.717) is 12.0 Å². The molecule has 0 spiro atoms. The maximum absolute atomic E-state index is 13.3. The van der Waals surface area contributed by atoms with Crippen LogP contribution in [0.3, 0.4) is 0 Å². The van der Waals surface area contributed by atoms with Crippen LogP contribution in [0.4, 0.5) is 4.39 Å². The van der Waals surface area contributed by atoms with Gasteiger partial charge in [0.05, 0.1) is 0 Å². The number of carboxylic acids is 1. The second kappa shape index (κ2) is 7.50. The first kappa shape index (κ1) is 16.0. The Kier molecular flexibility index (Phi) is 6.31. The van der Waals surface area contributed by atoms with Gasteiger partial charge in [0.25, 0.3) is 0 Å². The molecule has 0 aliphatic carbocycles. The zero-order valence-electron chi connectivity index (χ0n) is 11.1. The Balaban J connectivity index is 2.95. The van der Waals surface area contributed by atoms with Gasteiger partial charge in [-0.05, 0) is 42.0 Å². The van der Waals surface area contributed by atoms with E-state index in [1.54, 1.807) is 17.8 Å². The largest absolute Gasteiger partial charge is 0.481 e. The minimum Gasteiger partial charge on any atom is -0.481 e. The van der Waals surface area contributed by atoms with E-state index in [1.165, 1.54) is 18.2 Å². The standard InChI is InChI=1S/C14H20FNO2S/c1-2-19-8-4-7-14(10-16,13(17)18)11-5-3-6-12(15)9-11/h3,5-6,9H,2,4,7-8,10,16H2,1H3,(H,17,18). The number of nitrogens with two attached hydrogens (primary N) is 1. The van der Waals surface area contributed by atoms with Crippen LogP contribution in [0.15, 0.2) is 24.3 Å². The molecule has 106 valence electrons. The summed E-state index contributed by atoms with van der Waals surface area (Å²) in [6, 6.07) is 5.74. The van der Waals surface area contributed by atoms with E-state index in [9.17, 15) is 14.3 Å². The van der Waals surface area contributed by atoms with Crippen molar-refractivity contribution in [2.75, 3.05) is 18.1 Å². The quantitative estimate of drug-likeness (QED) is 0.721. The molecule has 5 heteroatoms. The molecule has 0 radical (unpaired) electrons. The summed E-state index contributed by atoms with van der Waals surface area (Å²) >= 11 is 1.76. The number of carboxylic acid groups (broad SMARTS) is 1. The average molecular weight is 285 g/mol. The lowest BCUT2D eigenvalue weighted by atomic mass is 9.77. The number of carbonyl (C=O) groups is 1. The average Bonchev–Trinajstić information content (AvgIpc) is 2.39. The van der Waals surface area contributed by atoms with Gasteiger partial charge in [-0.25, -0.2) is 4.39 Å². The Hall–Kier alpha value is -1.07. The Morgan fingerprint density at radius 2 is 2.26 bits per heavy atom. The van der Waals surface area contributed by atoms with Crippen molar-refractivity contribution < 1.29 is 14.3 Å². The molecule has 1 unspecified atom stereocenters. The van der Waals surface area contributed by atoms with Crippen molar-refractivity contribution in [3.05, 3.63) is 35.6 Å². The molecule has 0 bridgehead atoms. The summed E-state index contributed by atoms with van der Waals surface area (Å²) in [5, 5.41) is 9.52. The Morgan fingerprint density at radius 3 is 2.79 bits per heavy atom. The fraction of sp³-hybridized carbons (Fsp3) is 0.500. The van der Waals surface area contributed by atoms with Crippen molar-refractivity contribution in [2.24, 2.45) is 5.73 Å². The Labute approximate surface area is 117 Å². The minimum atomic E-state index is -1.18. The predicted molar refractivity (Wildman–Crippen MR) is 77.0 cm³/mol. The number of rotatable bonds is 8. The van der Waals surface area contributed by atoms with Gasteiger partial charge in [0.15, 0.2) is 0 Å². The van der Waals surface area contributed by atoms with Crippen LogP contribution in [-0.2, 0) is 10.2 Å². The van der Waals surface area contributed by atoms with Crippen LogP contribution in [0.25, 0.3) is 0 Å². The van der Waals surface area contributed by atoms with Crippen molar-refractivity contribution >= 4 is 17.7 Å². The highest BCUT2D eigenvalue weighted by Gasteiger charge is 2.38. The molecule has 0 aliphatic heterocycles. The van der Waals surface area contributed by atoms with Crippen molar-refractivity contribution in [1.82, 2.24) is 0 Å². The molecule has 1 rings (SSSR count). The summed E-state index contributed by atoms with van der Waals surface area (Å²) in [6.07, 6.45) is 1.17. The maximum atomic E-state index is 13.3. The number of hydrogen-bond acceptors (Lipinski definition) is 3. The van der Waals surface area contributed by atoms with Crippen LogP contribution in [0.2, 0.25) is 0 Å². The van der Waals surface area contributed by atoms with Crippen molar-refractivity contribution in [3.8, 4) is 0 Å². The molecule has 1 aromatic carbocycles. The predicted octanol–water partition coefficient (Wildman–Crippen LogP) is 2.64. The zero-order valence-corrected chi connectivity index (χ0v) is 11.9. The first-order valence-corrected chi connectivity index (χ1v) is 7.49. The Morgan fingerprint density at radius 1 is 1.53 bits per heavy atom. The SMILES string of the molecule is CCSCCCC(CN)(C(=O)O)c1cccc(F)c1. The number of halogens is 1. The lowest BCUT2D eigenvalue weighted by Gasteiger charge is -2.28. The lowest BCUT2D eigenvalue weighted by Crippen LogP contribution is -2.43. The third-order valence-corrected chi connectivity index (χ3v) is 4.22. The molecule has 0 saturated carbocycles. The molecule has 19 heavy (non-hydrogen) atoms. The fourth-order valence-corrected chi connectivity index (χ4v) is 2.73. The summed E-state index contributed by atoms with van der Waals surface area (Å²) in [6.45, 7) is 2.03. The Bertz CT molecular complexity index is 428. The van der Waals surface area contributed by atoms with E-state index in [0.717, 1.165) is 17.9 Å². The summed E-state index contributed by atoms with van der Waals surface area (Å²) in [7, 11) is 0. The maximum Gasteiger partial charge on any atom is 0.315 e. The first-order chi connectivity index (χ1) is 9.06. The van der Waals surface area contributed by atoms with Gasteiger partial charge in [0, 0.05) is 6.54 Å². The number of benzene rings is 1. The van der Waals surface area contributed by atoms with Crippen LogP contribution in [0.5, 0.6) is 0 Å². The van der Waals surface area contributed by atoms with E-state index in [-0.39, 0.29) is 6.54 Å². The highest BCUT2D eigenvalue weighted by Crippen LogP contribution is 2.30. The van der Waals surface area contributed by atoms with E-state index in [4.69, 9.17) is 5.73 Å². The molecule has 0 heterocycles. The van der Waals surface area contributed by atoms with E-state index in [2.05, 4.69) is 6.92 Å². The third kappa shape index (κ3) is 3.94. The lowest BCUT2D eigenvalue weighted by molar-refractivity contribution is -0.143. The summed E-state index contributed by atoms with van der Waals surface area (Å²) in [4.78, 5) is 11.6. The van der Waals surface area contributed by atoms with E-state index in [1.807, 2.05) is 0 Å². The molecule has 3 nitrogen and oxygen atoms in total. The normalized spacial score (nSPS) is 14.1. The first-order valence-electron chi connectivity index (χ1n) is 6.34. The van der Waals surface area contributed by atoms with Crippen molar-refractivity contribution in [3.63, 3.8) is 0 Å². The molecule has 1 atom stereocenters. The van der Waals surface area contributed by atoms with Gasteiger partial charge >= 0.3 is 5.97 Å². The molecule has 0 aromatic heterocycles. The van der Waals surface area contributed by atoms with Crippen LogP contribution >= 0.6 is 11.8 Å². The topological polar surface area (TPSA) is 63.3 Å². The van der Waals surface area contributed by atoms with E-state index < -0.39 is 17.2 Å². The molecule has 0 amide bonds. The molecule has 1 aromatic rings. The van der Waals surface area contributed by atoms with Crippen molar-refractivity contribution in [2.45, 2.75) is 25.2 Å². The van der Waals surface area contributed by atoms with Crippen LogP contribution in [-0.4, -0.2) is 29.1 Å². The molecular weight excluding hydrogens is 265 g/mol. The summed E-state index contributed by atoms with van der Waals surface area (Å²) in [5.74, 6) is 0.477. The smallest absolute Gasteiger partial charge is 0.315 e. The molecule has 0 fully saturated rings. The number of hydrogen-bond donors (Lipinski definition) is 2. The molecule has 3 N–H and O–H groups in total. The van der Waals surface area contributed by atoms with E-state index >= 15 is 0 Å². The van der Waals surface area contributed by atoms with Gasteiger partial charge in [-0.2, -0.15) is 11.8 Å². The number of aliphatic carboxylic acids is 1. The van der Waals surface area contributed by atoms with Crippen LogP contribution < -0.4 is 5.73 Å². The summed E-state index contributed by atoms with van der Waals surface area (Å²) < 4.78 is 13.3. The monoisotopic (exact) mass is 285 g/mol. The van der Waals surface area contributed by atoms with Gasteiger partial charge < -0.3 is 10.8 Å². The second-order valence-electron chi connectivity index (χ2n) is 4.40. The zero-order chi connectivity index (χ0) is 14.3. The minimum absolute atomic E-state index is 0.0252. The fourth-order valence-electron chi connectivity index (χ4n) is 2.09. The molecule has 0 aliphatic rings. The van der Waals surface area contributed by atoms with Gasteiger partial charge in [0.2, 0.25) is 0 Å². The highest BCUT2D eigenvalue weighted by molar-refractivity contribution is 7.99. The van der Waals surface area contributed by atoms with Gasteiger partial charge in [-0.3, -0.25) is 4.79 Å². The summed E-state index contributed by atoms with van der Waals surface area (Å²) in [5.41, 5.74) is 4.96. The van der Waals surface area contributed by atoms with Crippen LogP contribution in [0, 0.1) is 5.82 Å².